The molecule has 1 aliphatic carbocycles. The highest BCUT2D eigenvalue weighted by Gasteiger charge is 2.45. The third kappa shape index (κ3) is 2.17. The van der Waals surface area contributed by atoms with E-state index >= 15 is 0 Å². The maximum absolute atomic E-state index is 12.8. The van der Waals surface area contributed by atoms with Crippen LogP contribution in [-0.4, -0.2) is 24.1 Å². The molecule has 0 spiro atoms. The summed E-state index contributed by atoms with van der Waals surface area (Å²) in [5.74, 6) is 1.11. The third-order valence-electron chi connectivity index (χ3n) is 4.64. The molecule has 1 saturated carbocycles. The number of carbonyl (C=O) groups excluding carboxylic acids is 1. The number of rotatable bonds is 4. The number of hydrogen-bond donors (Lipinski definition) is 1. The maximum atomic E-state index is 12.8. The Morgan fingerprint density at radius 2 is 2.08 bits per heavy atom. The predicted octanol–water partition coefficient (Wildman–Crippen LogP) is 3.42. The first kappa shape index (κ1) is 14.2. The van der Waals surface area contributed by atoms with E-state index in [0.29, 0.717) is 24.7 Å². The highest BCUT2D eigenvalue weighted by atomic mass is 32.1. The van der Waals surface area contributed by atoms with Gasteiger partial charge >= 0.3 is 0 Å². The number of aromatic nitrogens is 1. The highest BCUT2D eigenvalue weighted by Crippen LogP contribution is 2.42. The number of nitrogens with zero attached hydrogens (tertiary/aromatic N) is 1. The number of benzene rings is 1. The Kier molecular flexibility index (Phi) is 3.05. The molecule has 2 fully saturated rings. The predicted molar refractivity (Wildman–Crippen MR) is 90.3 cm³/mol. The van der Waals surface area contributed by atoms with Gasteiger partial charge in [0, 0.05) is 5.92 Å². The molecule has 1 N–H and O–H groups in total. The van der Waals surface area contributed by atoms with Crippen molar-refractivity contribution in [2.75, 3.05) is 13.2 Å². The minimum Gasteiger partial charge on any atom is -0.468 e. The lowest BCUT2D eigenvalue weighted by Gasteiger charge is -2.40. The first-order valence-corrected chi connectivity index (χ1v) is 8.90. The van der Waals surface area contributed by atoms with Crippen LogP contribution in [0.15, 0.2) is 41.0 Å². The van der Waals surface area contributed by atoms with Crippen molar-refractivity contribution < 1.29 is 13.9 Å². The molecule has 0 unspecified atom stereocenters. The standard InChI is InChI=1S/C18H16N2O3S/c21-16(12-7-8-23-15(12)11-5-6-11)20-18(9-22-10-18)17-19-13-3-1-2-4-14(13)24-17/h1-4,7-8,11H,5-6,9-10H2,(H,20,21). The largest absolute Gasteiger partial charge is 0.468 e. The summed E-state index contributed by atoms with van der Waals surface area (Å²) in [6.07, 6.45) is 3.80. The van der Waals surface area contributed by atoms with E-state index in [4.69, 9.17) is 14.1 Å². The number of amides is 1. The molecule has 3 heterocycles. The number of carbonyl (C=O) groups is 1. The Labute approximate surface area is 142 Å². The summed E-state index contributed by atoms with van der Waals surface area (Å²) >= 11 is 1.61. The molecule has 5 nitrogen and oxygen atoms in total. The van der Waals surface area contributed by atoms with Gasteiger partial charge < -0.3 is 14.5 Å². The second-order valence-corrected chi connectivity index (χ2v) is 7.52. The number of fused-ring (bicyclic) bond motifs is 1. The van der Waals surface area contributed by atoms with Crippen LogP contribution in [0.2, 0.25) is 0 Å². The zero-order valence-corrected chi connectivity index (χ0v) is 13.8. The van der Waals surface area contributed by atoms with Crippen LogP contribution in [0.5, 0.6) is 0 Å². The molecule has 122 valence electrons. The van der Waals surface area contributed by atoms with Gasteiger partial charge in [-0.25, -0.2) is 4.98 Å². The van der Waals surface area contributed by atoms with Gasteiger partial charge in [-0.15, -0.1) is 11.3 Å². The van der Waals surface area contributed by atoms with Crippen LogP contribution in [0, 0.1) is 0 Å². The molecule has 5 rings (SSSR count). The SMILES string of the molecule is O=C(NC1(c2nc3ccccc3s2)COC1)c1ccoc1C1CC1. The molecule has 1 aromatic carbocycles. The molecule has 0 radical (unpaired) electrons. The summed E-state index contributed by atoms with van der Waals surface area (Å²) in [6.45, 7) is 0.907. The van der Waals surface area contributed by atoms with Gasteiger partial charge in [-0.3, -0.25) is 4.79 Å². The van der Waals surface area contributed by atoms with Crippen LogP contribution >= 0.6 is 11.3 Å². The molecule has 2 aromatic heterocycles. The van der Waals surface area contributed by atoms with Crippen LogP contribution in [0.25, 0.3) is 10.2 Å². The summed E-state index contributed by atoms with van der Waals surface area (Å²) < 4.78 is 12.1. The number of nitrogens with one attached hydrogen (secondary N) is 1. The Morgan fingerprint density at radius 3 is 2.79 bits per heavy atom. The van der Waals surface area contributed by atoms with Crippen molar-refractivity contribution in [3.05, 3.63) is 52.9 Å². The summed E-state index contributed by atoms with van der Waals surface area (Å²) in [7, 11) is 0. The van der Waals surface area contributed by atoms with Gasteiger partial charge in [0.2, 0.25) is 0 Å². The normalized spacial score (nSPS) is 19.2. The van der Waals surface area contributed by atoms with E-state index in [0.717, 1.165) is 33.8 Å². The molecule has 6 heteroatoms. The summed E-state index contributed by atoms with van der Waals surface area (Å²) in [5, 5.41) is 4.06. The highest BCUT2D eigenvalue weighted by molar-refractivity contribution is 7.18. The lowest BCUT2D eigenvalue weighted by molar-refractivity contribution is -0.0733. The first-order chi connectivity index (χ1) is 11.8. The average molecular weight is 340 g/mol. The third-order valence-corrected chi connectivity index (χ3v) is 5.88. The quantitative estimate of drug-likeness (QED) is 0.790. The van der Waals surface area contributed by atoms with Gasteiger partial charge in [-0.05, 0) is 31.0 Å². The molecule has 0 bridgehead atoms. The van der Waals surface area contributed by atoms with Gasteiger partial charge in [-0.1, -0.05) is 12.1 Å². The lowest BCUT2D eigenvalue weighted by atomic mass is 9.97. The van der Waals surface area contributed by atoms with E-state index in [2.05, 4.69) is 5.32 Å². The second-order valence-electron chi connectivity index (χ2n) is 6.49. The second kappa shape index (κ2) is 5.16. The molecule has 2 aliphatic rings. The van der Waals surface area contributed by atoms with Crippen LogP contribution < -0.4 is 5.32 Å². The number of furan rings is 1. The van der Waals surface area contributed by atoms with Gasteiger partial charge in [0.1, 0.15) is 16.3 Å². The van der Waals surface area contributed by atoms with E-state index in [1.54, 1.807) is 23.7 Å². The van der Waals surface area contributed by atoms with Crippen LogP contribution in [0.3, 0.4) is 0 Å². The van der Waals surface area contributed by atoms with E-state index in [9.17, 15) is 4.79 Å². The number of thiazole rings is 1. The zero-order valence-electron chi connectivity index (χ0n) is 13.0. The Balaban J connectivity index is 1.47. The van der Waals surface area contributed by atoms with E-state index in [1.807, 2.05) is 24.3 Å². The fourth-order valence-electron chi connectivity index (χ4n) is 3.09. The number of ether oxygens (including phenoxy) is 1. The van der Waals surface area contributed by atoms with Crippen molar-refractivity contribution in [1.29, 1.82) is 0 Å². The molecule has 1 amide bonds. The van der Waals surface area contributed by atoms with E-state index in [-0.39, 0.29) is 5.91 Å². The topological polar surface area (TPSA) is 64.4 Å². The number of hydrogen-bond acceptors (Lipinski definition) is 5. The van der Waals surface area contributed by atoms with Gasteiger partial charge in [0.15, 0.2) is 0 Å². The molecular formula is C18H16N2O3S. The maximum Gasteiger partial charge on any atom is 0.255 e. The molecule has 3 aromatic rings. The lowest BCUT2D eigenvalue weighted by Crippen LogP contribution is -2.59. The monoisotopic (exact) mass is 340 g/mol. The first-order valence-electron chi connectivity index (χ1n) is 8.09. The van der Waals surface area contributed by atoms with Crippen LogP contribution in [0.1, 0.15) is 39.9 Å². The molecular weight excluding hydrogens is 324 g/mol. The zero-order chi connectivity index (χ0) is 16.1. The van der Waals surface area contributed by atoms with Gasteiger partial charge in [-0.2, -0.15) is 0 Å². The van der Waals surface area contributed by atoms with Gasteiger partial charge in [0.25, 0.3) is 5.91 Å². The fourth-order valence-corrected chi connectivity index (χ4v) is 4.17. The smallest absolute Gasteiger partial charge is 0.255 e. The average Bonchev–Trinajstić information content (AvgIpc) is 3.11. The summed E-state index contributed by atoms with van der Waals surface area (Å²) in [6, 6.07) is 9.77. The molecule has 1 aliphatic heterocycles. The van der Waals surface area contributed by atoms with Crippen molar-refractivity contribution >= 4 is 27.5 Å². The summed E-state index contributed by atoms with van der Waals surface area (Å²) in [4.78, 5) is 17.5. The minimum absolute atomic E-state index is 0.104. The molecule has 1 saturated heterocycles. The Morgan fingerprint density at radius 1 is 1.25 bits per heavy atom. The minimum atomic E-state index is -0.529. The van der Waals surface area contributed by atoms with E-state index in [1.165, 1.54) is 0 Å². The van der Waals surface area contributed by atoms with Crippen molar-refractivity contribution in [3.8, 4) is 0 Å². The van der Waals surface area contributed by atoms with Crippen LogP contribution in [0.4, 0.5) is 0 Å². The molecule has 24 heavy (non-hydrogen) atoms. The van der Waals surface area contributed by atoms with Crippen molar-refractivity contribution in [3.63, 3.8) is 0 Å². The van der Waals surface area contributed by atoms with Gasteiger partial charge in [0.05, 0.1) is 35.3 Å². The van der Waals surface area contributed by atoms with E-state index < -0.39 is 5.54 Å². The Bertz CT molecular complexity index is 888. The molecule has 0 atom stereocenters. The van der Waals surface area contributed by atoms with Crippen molar-refractivity contribution in [2.45, 2.75) is 24.3 Å². The Hall–Kier alpha value is -2.18. The fraction of sp³-hybridized carbons (Fsp3) is 0.333. The number of para-hydroxylation sites is 1. The van der Waals surface area contributed by atoms with Crippen LogP contribution in [-0.2, 0) is 10.3 Å². The van der Waals surface area contributed by atoms with Crippen molar-refractivity contribution in [1.82, 2.24) is 10.3 Å². The summed E-state index contributed by atoms with van der Waals surface area (Å²) in [5.41, 5.74) is 1.07. The van der Waals surface area contributed by atoms with Crippen molar-refractivity contribution in [2.24, 2.45) is 0 Å².